The van der Waals surface area contributed by atoms with Crippen LogP contribution < -0.4 is 5.73 Å². The first kappa shape index (κ1) is 15.1. The van der Waals surface area contributed by atoms with Crippen LogP contribution in [0.1, 0.15) is 58.8 Å². The topological polar surface area (TPSA) is 46.2 Å². The molecule has 22 heavy (non-hydrogen) atoms. The van der Waals surface area contributed by atoms with Crippen LogP contribution in [0.15, 0.2) is 11.6 Å². The summed E-state index contributed by atoms with van der Waals surface area (Å²) in [5.41, 5.74) is 7.96. The Morgan fingerprint density at radius 2 is 2.00 bits per heavy atom. The van der Waals surface area contributed by atoms with Crippen molar-refractivity contribution in [2.45, 2.75) is 77.1 Å². The minimum Gasteiger partial charge on any atom is -0.393 e. The van der Waals surface area contributed by atoms with Crippen LogP contribution in [0, 0.1) is 28.6 Å². The molecule has 0 aromatic heterocycles. The number of aliphatic hydroxyl groups is 1. The molecule has 0 radical (unpaired) electrons. The molecule has 8 atom stereocenters. The van der Waals surface area contributed by atoms with E-state index in [2.05, 4.69) is 19.9 Å². The monoisotopic (exact) mass is 307 g/mol. The van der Waals surface area contributed by atoms with Gasteiger partial charge >= 0.3 is 0 Å². The van der Waals surface area contributed by atoms with Gasteiger partial charge in [-0.05, 0) is 73.5 Å². The summed E-state index contributed by atoms with van der Waals surface area (Å²) in [6.45, 7) is 4.65. The van der Waals surface area contributed by atoms with E-state index in [0.29, 0.717) is 24.2 Å². The molecule has 1 unspecified atom stereocenters. The van der Waals surface area contributed by atoms with Crippen LogP contribution in [0.2, 0.25) is 0 Å². The predicted molar refractivity (Wildman–Crippen MR) is 86.0 cm³/mol. The van der Waals surface area contributed by atoms with Gasteiger partial charge in [0.05, 0.1) is 6.10 Å². The van der Waals surface area contributed by atoms with Crippen molar-refractivity contribution in [2.24, 2.45) is 34.3 Å². The Kier molecular flexibility index (Phi) is 3.30. The van der Waals surface area contributed by atoms with Crippen molar-refractivity contribution in [3.8, 4) is 0 Å². The van der Waals surface area contributed by atoms with Crippen molar-refractivity contribution in [3.05, 3.63) is 11.6 Å². The molecular formula is C19H30FNO. The van der Waals surface area contributed by atoms with Crippen LogP contribution in [0.3, 0.4) is 0 Å². The minimum absolute atomic E-state index is 0.00350. The Labute approximate surface area is 133 Å². The standard InChI is InChI=1S/C19H30FNO/c1-18-7-5-12(22)9-11(18)3-4-13-14(18)6-8-19(2)15(13)10-16(20)17(19)21/h3,12-17,22H,4-10,21H2,1-2H3/t12?,13-,14+,15+,16-,17+,18+,19+/m1/s1. The second-order valence-electron chi connectivity index (χ2n) is 8.98. The van der Waals surface area contributed by atoms with E-state index in [4.69, 9.17) is 5.73 Å². The molecule has 4 rings (SSSR count). The van der Waals surface area contributed by atoms with Gasteiger partial charge in [0.15, 0.2) is 0 Å². The number of hydrogen-bond acceptors (Lipinski definition) is 2. The Hall–Kier alpha value is -0.410. The Morgan fingerprint density at radius 1 is 1.23 bits per heavy atom. The van der Waals surface area contributed by atoms with Crippen molar-refractivity contribution < 1.29 is 9.50 Å². The molecule has 3 N–H and O–H groups in total. The highest BCUT2D eigenvalue weighted by Crippen LogP contribution is 2.64. The van der Waals surface area contributed by atoms with E-state index in [0.717, 1.165) is 32.1 Å². The van der Waals surface area contributed by atoms with E-state index in [-0.39, 0.29) is 23.0 Å². The van der Waals surface area contributed by atoms with Crippen LogP contribution in [-0.4, -0.2) is 23.4 Å². The first-order valence-electron chi connectivity index (χ1n) is 9.13. The number of rotatable bonds is 0. The third kappa shape index (κ3) is 1.84. The van der Waals surface area contributed by atoms with Crippen molar-refractivity contribution in [1.29, 1.82) is 0 Å². The summed E-state index contributed by atoms with van der Waals surface area (Å²) in [6.07, 6.45) is 8.29. The fourth-order valence-corrected chi connectivity index (χ4v) is 6.65. The van der Waals surface area contributed by atoms with Crippen LogP contribution in [0.4, 0.5) is 4.39 Å². The van der Waals surface area contributed by atoms with E-state index in [9.17, 15) is 9.50 Å². The van der Waals surface area contributed by atoms with Crippen LogP contribution in [-0.2, 0) is 0 Å². The Bertz CT molecular complexity index is 506. The number of allylic oxidation sites excluding steroid dienone is 1. The molecule has 124 valence electrons. The third-order valence-corrected chi connectivity index (χ3v) is 8.15. The minimum atomic E-state index is -0.819. The zero-order valence-electron chi connectivity index (χ0n) is 13.9. The lowest BCUT2D eigenvalue weighted by Crippen LogP contribution is -2.52. The average Bonchev–Trinajstić information content (AvgIpc) is 2.72. The van der Waals surface area contributed by atoms with Gasteiger partial charge in [-0.1, -0.05) is 25.5 Å². The molecule has 0 aromatic carbocycles. The quantitative estimate of drug-likeness (QED) is 0.672. The number of aliphatic hydroxyl groups excluding tert-OH is 1. The molecule has 3 fully saturated rings. The molecule has 0 saturated heterocycles. The highest BCUT2D eigenvalue weighted by atomic mass is 19.1. The zero-order chi connectivity index (χ0) is 15.7. The van der Waals surface area contributed by atoms with Crippen LogP contribution >= 0.6 is 0 Å². The van der Waals surface area contributed by atoms with Crippen molar-refractivity contribution in [2.75, 3.05) is 0 Å². The predicted octanol–water partition coefficient (Wildman–Crippen LogP) is 3.59. The molecule has 0 bridgehead atoms. The summed E-state index contributed by atoms with van der Waals surface area (Å²) < 4.78 is 14.3. The highest BCUT2D eigenvalue weighted by molar-refractivity contribution is 5.25. The van der Waals surface area contributed by atoms with E-state index in [1.165, 1.54) is 12.0 Å². The van der Waals surface area contributed by atoms with Gasteiger partial charge in [0.2, 0.25) is 0 Å². The number of halogens is 1. The Balaban J connectivity index is 1.68. The van der Waals surface area contributed by atoms with Gasteiger partial charge in [0.1, 0.15) is 6.17 Å². The van der Waals surface area contributed by atoms with E-state index in [1.54, 1.807) is 0 Å². The summed E-state index contributed by atoms with van der Waals surface area (Å²) in [7, 11) is 0. The van der Waals surface area contributed by atoms with Gasteiger partial charge in [-0.2, -0.15) is 0 Å². The second kappa shape index (κ2) is 4.80. The number of nitrogens with two attached hydrogens (primary N) is 1. The molecule has 4 aliphatic rings. The number of fused-ring (bicyclic) bond motifs is 5. The third-order valence-electron chi connectivity index (χ3n) is 8.15. The lowest BCUT2D eigenvalue weighted by Gasteiger charge is -2.57. The fourth-order valence-electron chi connectivity index (χ4n) is 6.65. The maximum Gasteiger partial charge on any atom is 0.116 e. The van der Waals surface area contributed by atoms with Crippen molar-refractivity contribution in [3.63, 3.8) is 0 Å². The molecule has 4 aliphatic carbocycles. The largest absolute Gasteiger partial charge is 0.393 e. The first-order chi connectivity index (χ1) is 10.4. The first-order valence-corrected chi connectivity index (χ1v) is 9.13. The number of hydrogen-bond donors (Lipinski definition) is 2. The van der Waals surface area contributed by atoms with E-state index < -0.39 is 6.17 Å². The van der Waals surface area contributed by atoms with Gasteiger partial charge in [-0.3, -0.25) is 0 Å². The lowest BCUT2D eigenvalue weighted by atomic mass is 9.48. The fraction of sp³-hybridized carbons (Fsp3) is 0.895. The molecule has 3 heteroatoms. The molecule has 0 aliphatic heterocycles. The van der Waals surface area contributed by atoms with E-state index in [1.807, 2.05) is 0 Å². The van der Waals surface area contributed by atoms with Gasteiger partial charge in [-0.15, -0.1) is 0 Å². The molecule has 0 amide bonds. The number of alkyl halides is 1. The summed E-state index contributed by atoms with van der Waals surface area (Å²) in [5.74, 6) is 1.70. The molecule has 0 spiro atoms. The van der Waals surface area contributed by atoms with Gasteiger partial charge < -0.3 is 10.8 Å². The maximum absolute atomic E-state index is 14.3. The SMILES string of the molecule is C[C@]12CC[C@H]3[C@@H](CC=C4CC(O)CC[C@@]43C)[C@@H]1C[C@@H](F)[C@@H]2N. The average molecular weight is 307 g/mol. The summed E-state index contributed by atoms with van der Waals surface area (Å²) in [4.78, 5) is 0. The van der Waals surface area contributed by atoms with Crippen LogP contribution in [0.5, 0.6) is 0 Å². The molecule has 0 heterocycles. The zero-order valence-corrected chi connectivity index (χ0v) is 13.9. The Morgan fingerprint density at radius 3 is 2.77 bits per heavy atom. The van der Waals surface area contributed by atoms with Crippen molar-refractivity contribution >= 4 is 0 Å². The smallest absolute Gasteiger partial charge is 0.116 e. The van der Waals surface area contributed by atoms with Gasteiger partial charge in [0.25, 0.3) is 0 Å². The van der Waals surface area contributed by atoms with Gasteiger partial charge in [-0.25, -0.2) is 4.39 Å². The maximum atomic E-state index is 14.3. The summed E-state index contributed by atoms with van der Waals surface area (Å²) in [6, 6.07) is -0.273. The van der Waals surface area contributed by atoms with Crippen molar-refractivity contribution in [1.82, 2.24) is 0 Å². The van der Waals surface area contributed by atoms with Gasteiger partial charge in [0, 0.05) is 6.04 Å². The normalized spacial score (nSPS) is 57.6. The second-order valence-corrected chi connectivity index (χ2v) is 8.98. The highest BCUT2D eigenvalue weighted by Gasteiger charge is 2.60. The van der Waals surface area contributed by atoms with E-state index >= 15 is 0 Å². The lowest BCUT2D eigenvalue weighted by molar-refractivity contribution is -0.0402. The molecular weight excluding hydrogens is 277 g/mol. The molecule has 0 aromatic rings. The molecule has 3 saturated carbocycles. The summed E-state index contributed by atoms with van der Waals surface area (Å²) >= 11 is 0. The summed E-state index contributed by atoms with van der Waals surface area (Å²) in [5, 5.41) is 10.0. The van der Waals surface area contributed by atoms with Crippen LogP contribution in [0.25, 0.3) is 0 Å². The molecule has 2 nitrogen and oxygen atoms in total.